The van der Waals surface area contributed by atoms with Crippen molar-refractivity contribution in [1.82, 2.24) is 19.6 Å². The molecular formula is C21H34N4O3. The number of carbonyl (C=O) groups is 2. The molecule has 7 heteroatoms. The molecule has 4 heterocycles. The lowest BCUT2D eigenvalue weighted by Gasteiger charge is -2.52. The molecule has 0 unspecified atom stereocenters. The number of likely N-dealkylation sites (tertiary alicyclic amines) is 1. The zero-order valence-corrected chi connectivity index (χ0v) is 17.4. The third-order valence-corrected chi connectivity index (χ3v) is 6.87. The lowest BCUT2D eigenvalue weighted by Crippen LogP contribution is -2.59. The Labute approximate surface area is 167 Å². The average Bonchev–Trinajstić information content (AvgIpc) is 2.92. The van der Waals surface area contributed by atoms with Crippen molar-refractivity contribution in [3.63, 3.8) is 0 Å². The Morgan fingerprint density at radius 3 is 2.68 bits per heavy atom. The molecule has 156 valence electrons. The number of piperidine rings is 3. The second kappa shape index (κ2) is 9.07. The van der Waals surface area contributed by atoms with E-state index in [0.29, 0.717) is 24.2 Å². The summed E-state index contributed by atoms with van der Waals surface area (Å²) in [7, 11) is 1.98. The SMILES string of the molecule is Cc1nn(C)c(C)c1CCC(=O)N1C[C@@H]2C[C@H](C1)[C@@H]1CCCCN1C2.O=CO. The van der Waals surface area contributed by atoms with Crippen LogP contribution in [0.25, 0.3) is 0 Å². The van der Waals surface area contributed by atoms with Gasteiger partial charge >= 0.3 is 0 Å². The fourth-order valence-corrected chi connectivity index (χ4v) is 5.54. The summed E-state index contributed by atoms with van der Waals surface area (Å²) < 4.78 is 1.93. The van der Waals surface area contributed by atoms with Crippen LogP contribution in [0.15, 0.2) is 0 Å². The van der Waals surface area contributed by atoms with Gasteiger partial charge in [-0.2, -0.15) is 5.10 Å². The topological polar surface area (TPSA) is 78.7 Å². The highest BCUT2D eigenvalue weighted by Crippen LogP contribution is 2.37. The average molecular weight is 391 g/mol. The van der Waals surface area contributed by atoms with Gasteiger partial charge in [0, 0.05) is 44.8 Å². The van der Waals surface area contributed by atoms with Crippen LogP contribution in [-0.4, -0.2) is 69.3 Å². The third kappa shape index (κ3) is 4.40. The van der Waals surface area contributed by atoms with Crippen molar-refractivity contribution in [2.45, 2.75) is 58.4 Å². The summed E-state index contributed by atoms with van der Waals surface area (Å²) in [5.41, 5.74) is 3.52. The smallest absolute Gasteiger partial charge is 0.290 e. The zero-order chi connectivity index (χ0) is 20.3. The highest BCUT2D eigenvalue weighted by atomic mass is 16.3. The summed E-state index contributed by atoms with van der Waals surface area (Å²) >= 11 is 0. The Balaban J connectivity index is 0.000000706. The van der Waals surface area contributed by atoms with E-state index in [1.54, 1.807) is 0 Å². The number of aryl methyl sites for hydroxylation is 2. The van der Waals surface area contributed by atoms with Crippen LogP contribution in [0.5, 0.6) is 0 Å². The molecule has 3 saturated heterocycles. The fraction of sp³-hybridized carbons (Fsp3) is 0.762. The van der Waals surface area contributed by atoms with Gasteiger partial charge in [0.2, 0.25) is 5.91 Å². The van der Waals surface area contributed by atoms with E-state index in [1.165, 1.54) is 50.0 Å². The number of nitrogens with zero attached hydrogens (tertiary/aromatic N) is 4. The number of aromatic nitrogens is 2. The fourth-order valence-electron chi connectivity index (χ4n) is 5.54. The van der Waals surface area contributed by atoms with Crippen LogP contribution in [0.3, 0.4) is 0 Å². The molecule has 1 N–H and O–H groups in total. The molecule has 7 nitrogen and oxygen atoms in total. The number of rotatable bonds is 3. The van der Waals surface area contributed by atoms with E-state index in [0.717, 1.165) is 31.2 Å². The number of amides is 1. The maximum atomic E-state index is 12.9. The van der Waals surface area contributed by atoms with Gasteiger partial charge in [-0.1, -0.05) is 6.42 Å². The Kier molecular flexibility index (Phi) is 6.75. The van der Waals surface area contributed by atoms with Crippen LogP contribution < -0.4 is 0 Å². The number of carbonyl (C=O) groups excluding carboxylic acids is 1. The van der Waals surface area contributed by atoms with Crippen LogP contribution in [0, 0.1) is 25.7 Å². The second-order valence-electron chi connectivity index (χ2n) is 8.60. The van der Waals surface area contributed by atoms with E-state index in [-0.39, 0.29) is 6.47 Å². The van der Waals surface area contributed by atoms with E-state index in [1.807, 2.05) is 11.7 Å². The number of carboxylic acid groups (broad SMARTS) is 1. The first kappa shape index (κ1) is 20.8. The summed E-state index contributed by atoms with van der Waals surface area (Å²) in [6.45, 7) is 8.36. The van der Waals surface area contributed by atoms with Crippen LogP contribution in [-0.2, 0) is 23.1 Å². The largest absolute Gasteiger partial charge is 0.483 e. The molecule has 1 aromatic heterocycles. The molecule has 3 aliphatic rings. The number of fused-ring (bicyclic) bond motifs is 4. The summed E-state index contributed by atoms with van der Waals surface area (Å²) in [4.78, 5) is 26.2. The minimum absolute atomic E-state index is 0.250. The van der Waals surface area contributed by atoms with Gasteiger partial charge in [-0.25, -0.2) is 0 Å². The molecule has 0 aromatic carbocycles. The summed E-state index contributed by atoms with van der Waals surface area (Å²) in [6, 6.07) is 0.739. The van der Waals surface area contributed by atoms with Crippen LogP contribution in [0.4, 0.5) is 0 Å². The Morgan fingerprint density at radius 1 is 1.25 bits per heavy atom. The number of hydrogen-bond acceptors (Lipinski definition) is 4. The summed E-state index contributed by atoms with van der Waals surface area (Å²) in [5, 5.41) is 11.4. The van der Waals surface area contributed by atoms with Crippen LogP contribution >= 0.6 is 0 Å². The van der Waals surface area contributed by atoms with Gasteiger partial charge < -0.3 is 10.0 Å². The van der Waals surface area contributed by atoms with Gasteiger partial charge in [0.05, 0.1) is 5.69 Å². The lowest BCUT2D eigenvalue weighted by molar-refractivity contribution is -0.137. The first-order valence-corrected chi connectivity index (χ1v) is 10.5. The van der Waals surface area contributed by atoms with Crippen molar-refractivity contribution in [1.29, 1.82) is 0 Å². The van der Waals surface area contributed by atoms with Crippen LogP contribution in [0.1, 0.15) is 49.1 Å². The molecule has 3 aliphatic heterocycles. The van der Waals surface area contributed by atoms with E-state index in [4.69, 9.17) is 9.90 Å². The Morgan fingerprint density at radius 2 is 2.00 bits per heavy atom. The molecule has 28 heavy (non-hydrogen) atoms. The lowest BCUT2D eigenvalue weighted by atomic mass is 9.76. The van der Waals surface area contributed by atoms with Gasteiger partial charge in [-0.15, -0.1) is 0 Å². The molecule has 4 rings (SSSR count). The Bertz CT molecular complexity index is 702. The van der Waals surface area contributed by atoms with E-state index >= 15 is 0 Å². The first-order valence-electron chi connectivity index (χ1n) is 10.5. The molecule has 3 fully saturated rings. The number of hydrogen-bond donors (Lipinski definition) is 1. The molecule has 2 bridgehead atoms. The minimum Gasteiger partial charge on any atom is -0.483 e. The third-order valence-electron chi connectivity index (χ3n) is 6.87. The van der Waals surface area contributed by atoms with Crippen molar-refractivity contribution in [3.05, 3.63) is 17.0 Å². The molecular weight excluding hydrogens is 356 g/mol. The van der Waals surface area contributed by atoms with E-state index in [2.05, 4.69) is 28.7 Å². The van der Waals surface area contributed by atoms with Gasteiger partial charge in [0.15, 0.2) is 0 Å². The molecule has 0 aliphatic carbocycles. The van der Waals surface area contributed by atoms with Gasteiger partial charge in [-0.3, -0.25) is 19.2 Å². The van der Waals surface area contributed by atoms with E-state index < -0.39 is 0 Å². The predicted molar refractivity (Wildman–Crippen MR) is 107 cm³/mol. The zero-order valence-electron chi connectivity index (χ0n) is 17.4. The van der Waals surface area contributed by atoms with Gasteiger partial charge in [0.1, 0.15) is 0 Å². The highest BCUT2D eigenvalue weighted by Gasteiger charge is 2.42. The highest BCUT2D eigenvalue weighted by molar-refractivity contribution is 5.76. The van der Waals surface area contributed by atoms with Crippen molar-refractivity contribution in [2.75, 3.05) is 26.2 Å². The van der Waals surface area contributed by atoms with Gasteiger partial charge in [-0.05, 0) is 63.5 Å². The summed E-state index contributed by atoms with van der Waals surface area (Å²) in [5.74, 6) is 1.75. The second-order valence-corrected chi connectivity index (χ2v) is 8.60. The van der Waals surface area contributed by atoms with Crippen molar-refractivity contribution in [3.8, 4) is 0 Å². The van der Waals surface area contributed by atoms with E-state index in [9.17, 15) is 4.79 Å². The molecule has 0 saturated carbocycles. The quantitative estimate of drug-likeness (QED) is 0.799. The Hall–Kier alpha value is -1.89. The monoisotopic (exact) mass is 390 g/mol. The van der Waals surface area contributed by atoms with Crippen molar-refractivity contribution < 1.29 is 14.7 Å². The van der Waals surface area contributed by atoms with Crippen molar-refractivity contribution >= 4 is 12.4 Å². The molecule has 0 spiro atoms. The molecule has 3 atom stereocenters. The predicted octanol–water partition coefficient (Wildman–Crippen LogP) is 2.00. The standard InChI is InChI=1S/C20H32N4O.CH2O2/c1-14-18(15(2)22(3)21-14)7-8-20(25)24-12-16-10-17(13-24)19-6-4-5-9-23(19)11-16;2-1-3/h16-17,19H,4-13H2,1-3H3;1H,(H,2,3)/t16-,17-,19+;/m1./s1. The van der Waals surface area contributed by atoms with Gasteiger partial charge in [0.25, 0.3) is 6.47 Å². The maximum Gasteiger partial charge on any atom is 0.290 e. The van der Waals surface area contributed by atoms with Crippen LogP contribution in [0.2, 0.25) is 0 Å². The van der Waals surface area contributed by atoms with Crippen molar-refractivity contribution in [2.24, 2.45) is 18.9 Å². The minimum atomic E-state index is -0.250. The molecule has 0 radical (unpaired) electrons. The summed E-state index contributed by atoms with van der Waals surface area (Å²) in [6.07, 6.45) is 6.87. The molecule has 1 aromatic rings. The first-order chi connectivity index (χ1) is 13.4. The molecule has 1 amide bonds. The maximum absolute atomic E-state index is 12.9. The normalized spacial score (nSPS) is 26.8.